The lowest BCUT2D eigenvalue weighted by Crippen LogP contribution is -2.64. The lowest BCUT2D eigenvalue weighted by molar-refractivity contribution is -0.254. The van der Waals surface area contributed by atoms with Gasteiger partial charge in [-0.3, -0.25) is 4.79 Å². The van der Waals surface area contributed by atoms with E-state index in [0.717, 1.165) is 25.7 Å². The number of amides is 1. The Morgan fingerprint density at radius 1 is 1.16 bits per heavy atom. The summed E-state index contributed by atoms with van der Waals surface area (Å²) < 4.78 is 4.98. The average molecular weight is 275 g/mol. The molecule has 7 heteroatoms. The van der Waals surface area contributed by atoms with Crippen LogP contribution in [0.15, 0.2) is 0 Å². The highest BCUT2D eigenvalue weighted by Gasteiger charge is 2.44. The maximum Gasteiger partial charge on any atom is 0.223 e. The molecule has 110 valence electrons. The second-order valence-electron chi connectivity index (χ2n) is 5.24. The van der Waals surface area contributed by atoms with E-state index >= 15 is 0 Å². The summed E-state index contributed by atoms with van der Waals surface area (Å²) in [6.07, 6.45) is -1.61. The Labute approximate surface area is 111 Å². The van der Waals surface area contributed by atoms with Gasteiger partial charge in [-0.1, -0.05) is 12.8 Å². The van der Waals surface area contributed by atoms with Crippen LogP contribution in [0.3, 0.4) is 0 Å². The second kappa shape index (κ2) is 6.15. The highest BCUT2D eigenvalue weighted by atomic mass is 16.6. The smallest absolute Gasteiger partial charge is 0.223 e. The minimum Gasteiger partial charge on any atom is -0.394 e. The van der Waals surface area contributed by atoms with Crippen LogP contribution in [0.25, 0.3) is 0 Å². The Balaban J connectivity index is 1.96. The number of ether oxygens (including phenoxy) is 1. The number of carbonyl (C=O) groups is 1. The quantitative estimate of drug-likeness (QED) is 0.410. The summed E-state index contributed by atoms with van der Waals surface area (Å²) in [5.74, 6) is -0.342. The molecule has 1 amide bonds. The third kappa shape index (κ3) is 3.06. The lowest BCUT2D eigenvalue weighted by Gasteiger charge is -2.40. The van der Waals surface area contributed by atoms with E-state index in [0.29, 0.717) is 0 Å². The zero-order chi connectivity index (χ0) is 14.0. The van der Waals surface area contributed by atoms with Crippen LogP contribution in [0.2, 0.25) is 0 Å². The van der Waals surface area contributed by atoms with Gasteiger partial charge in [-0.05, 0) is 12.8 Å². The first-order valence-corrected chi connectivity index (χ1v) is 6.65. The molecule has 1 saturated heterocycles. The van der Waals surface area contributed by atoms with Gasteiger partial charge in [-0.15, -0.1) is 0 Å². The summed E-state index contributed by atoms with van der Waals surface area (Å²) >= 11 is 0. The molecule has 1 aliphatic carbocycles. The molecule has 2 rings (SSSR count). The molecule has 7 nitrogen and oxygen atoms in total. The molecule has 2 fully saturated rings. The maximum atomic E-state index is 11.9. The van der Waals surface area contributed by atoms with Gasteiger partial charge in [0, 0.05) is 5.92 Å². The lowest BCUT2D eigenvalue weighted by atomic mass is 9.96. The van der Waals surface area contributed by atoms with E-state index < -0.39 is 37.3 Å². The number of carbonyl (C=O) groups excluding carboxylic acids is 1. The van der Waals surface area contributed by atoms with Crippen LogP contribution in [0, 0.1) is 5.92 Å². The first-order chi connectivity index (χ1) is 9.04. The van der Waals surface area contributed by atoms with E-state index in [1.165, 1.54) is 0 Å². The molecular weight excluding hydrogens is 254 g/mol. The molecule has 1 heterocycles. The van der Waals surface area contributed by atoms with Crippen molar-refractivity contribution in [2.75, 3.05) is 6.61 Å². The highest BCUT2D eigenvalue weighted by molar-refractivity contribution is 5.79. The number of nitrogens with one attached hydrogen (secondary N) is 1. The van der Waals surface area contributed by atoms with Crippen molar-refractivity contribution in [3.8, 4) is 0 Å². The van der Waals surface area contributed by atoms with E-state index in [4.69, 9.17) is 9.84 Å². The van der Waals surface area contributed by atoms with E-state index in [9.17, 15) is 20.1 Å². The molecule has 5 N–H and O–H groups in total. The Morgan fingerprint density at radius 3 is 2.37 bits per heavy atom. The van der Waals surface area contributed by atoms with Crippen molar-refractivity contribution in [3.05, 3.63) is 0 Å². The number of hydrogen-bond acceptors (Lipinski definition) is 6. The normalized spacial score (nSPS) is 40.3. The Hall–Kier alpha value is -0.730. The number of rotatable bonds is 3. The van der Waals surface area contributed by atoms with Gasteiger partial charge in [0.25, 0.3) is 0 Å². The van der Waals surface area contributed by atoms with Gasteiger partial charge >= 0.3 is 0 Å². The summed E-state index contributed by atoms with van der Waals surface area (Å²) in [7, 11) is 0. The van der Waals surface area contributed by atoms with E-state index in [1.807, 2.05) is 0 Å². The maximum absolute atomic E-state index is 11.9. The van der Waals surface area contributed by atoms with Crippen molar-refractivity contribution in [2.45, 2.75) is 56.3 Å². The SMILES string of the molecule is O=C(NC1C(O)OC(CO)[C@@H](O)[C@@H]1O)C1CCCC1. The van der Waals surface area contributed by atoms with Gasteiger partial charge in [0.2, 0.25) is 5.91 Å². The zero-order valence-corrected chi connectivity index (χ0v) is 10.6. The molecule has 19 heavy (non-hydrogen) atoms. The van der Waals surface area contributed by atoms with Crippen LogP contribution in [0.1, 0.15) is 25.7 Å². The van der Waals surface area contributed by atoms with Gasteiger partial charge in [0.1, 0.15) is 24.4 Å². The van der Waals surface area contributed by atoms with Crippen LogP contribution in [-0.4, -0.2) is 63.6 Å². The number of hydrogen-bond donors (Lipinski definition) is 5. The standard InChI is InChI=1S/C12H21NO6/c14-5-7-9(15)10(16)8(12(18)19-7)13-11(17)6-3-1-2-4-6/h6-10,12,14-16,18H,1-5H2,(H,13,17)/t7?,8?,9-,10-,12?/m1/s1. The fourth-order valence-corrected chi connectivity index (χ4v) is 2.72. The molecule has 0 aromatic rings. The summed E-state index contributed by atoms with van der Waals surface area (Å²) in [5, 5.41) is 40.8. The van der Waals surface area contributed by atoms with Gasteiger partial charge in [-0.2, -0.15) is 0 Å². The number of aliphatic hydroxyl groups is 4. The average Bonchev–Trinajstić information content (AvgIpc) is 2.92. The van der Waals surface area contributed by atoms with Crippen LogP contribution in [-0.2, 0) is 9.53 Å². The Kier molecular flexibility index (Phi) is 4.75. The molecule has 0 spiro atoms. The predicted molar refractivity (Wildman–Crippen MR) is 63.9 cm³/mol. The minimum atomic E-state index is -1.44. The van der Waals surface area contributed by atoms with Gasteiger partial charge in [0.15, 0.2) is 6.29 Å². The third-order valence-corrected chi connectivity index (χ3v) is 3.94. The Bertz CT molecular complexity index is 319. The molecule has 3 unspecified atom stereocenters. The van der Waals surface area contributed by atoms with Crippen molar-refractivity contribution in [3.63, 3.8) is 0 Å². The van der Waals surface area contributed by atoms with Gasteiger partial charge < -0.3 is 30.5 Å². The van der Waals surface area contributed by atoms with Gasteiger partial charge in [-0.25, -0.2) is 0 Å². The molecule has 0 aromatic heterocycles. The van der Waals surface area contributed by atoms with E-state index in [-0.39, 0.29) is 11.8 Å². The molecule has 1 saturated carbocycles. The summed E-state index contributed by atoms with van der Waals surface area (Å²) in [5.41, 5.74) is 0. The van der Waals surface area contributed by atoms with Crippen LogP contribution >= 0.6 is 0 Å². The predicted octanol–water partition coefficient (Wildman–Crippen LogP) is -1.91. The molecular formula is C12H21NO6. The van der Waals surface area contributed by atoms with Crippen LogP contribution in [0.5, 0.6) is 0 Å². The van der Waals surface area contributed by atoms with Crippen molar-refractivity contribution >= 4 is 5.91 Å². The van der Waals surface area contributed by atoms with Crippen molar-refractivity contribution in [1.82, 2.24) is 5.32 Å². The number of aliphatic hydroxyl groups excluding tert-OH is 4. The topological polar surface area (TPSA) is 119 Å². The molecule has 2 aliphatic rings. The molecule has 0 aromatic carbocycles. The van der Waals surface area contributed by atoms with Crippen molar-refractivity contribution in [1.29, 1.82) is 0 Å². The fraction of sp³-hybridized carbons (Fsp3) is 0.917. The molecule has 5 atom stereocenters. The second-order valence-corrected chi connectivity index (χ2v) is 5.24. The molecule has 0 bridgehead atoms. The van der Waals surface area contributed by atoms with E-state index in [2.05, 4.69) is 5.32 Å². The monoisotopic (exact) mass is 275 g/mol. The first-order valence-electron chi connectivity index (χ1n) is 6.65. The fourth-order valence-electron chi connectivity index (χ4n) is 2.72. The molecule has 0 radical (unpaired) electrons. The molecule has 1 aliphatic heterocycles. The van der Waals surface area contributed by atoms with Crippen molar-refractivity contribution < 1.29 is 30.0 Å². The zero-order valence-electron chi connectivity index (χ0n) is 10.6. The summed E-state index contributed by atoms with van der Waals surface area (Å²) in [6, 6.07) is -1.08. The van der Waals surface area contributed by atoms with Crippen LogP contribution < -0.4 is 5.32 Å². The van der Waals surface area contributed by atoms with Crippen molar-refractivity contribution in [2.24, 2.45) is 5.92 Å². The third-order valence-electron chi connectivity index (χ3n) is 3.94. The minimum absolute atomic E-state index is 0.105. The Morgan fingerprint density at radius 2 is 1.79 bits per heavy atom. The van der Waals surface area contributed by atoms with Gasteiger partial charge in [0.05, 0.1) is 6.61 Å². The highest BCUT2D eigenvalue weighted by Crippen LogP contribution is 2.26. The van der Waals surface area contributed by atoms with E-state index in [1.54, 1.807) is 0 Å². The summed E-state index contributed by atoms with van der Waals surface area (Å²) in [4.78, 5) is 11.9. The first kappa shape index (κ1) is 14.7. The van der Waals surface area contributed by atoms with Crippen LogP contribution in [0.4, 0.5) is 0 Å². The largest absolute Gasteiger partial charge is 0.394 e. The summed E-state index contributed by atoms with van der Waals surface area (Å²) in [6.45, 7) is -0.515.